The quantitative estimate of drug-likeness (QED) is 0.906. The highest BCUT2D eigenvalue weighted by Gasteiger charge is 2.15. The first kappa shape index (κ1) is 15.3. The van der Waals surface area contributed by atoms with Crippen molar-refractivity contribution < 1.29 is 14.3 Å². The van der Waals surface area contributed by atoms with Gasteiger partial charge in [-0.1, -0.05) is 0 Å². The predicted molar refractivity (Wildman–Crippen MR) is 83.9 cm³/mol. The van der Waals surface area contributed by atoms with E-state index in [2.05, 4.69) is 29.4 Å². The van der Waals surface area contributed by atoms with Crippen molar-refractivity contribution in [2.24, 2.45) is 0 Å². The van der Waals surface area contributed by atoms with Gasteiger partial charge in [-0.2, -0.15) is 0 Å². The predicted octanol–water partition coefficient (Wildman–Crippen LogP) is 1.60. The first-order chi connectivity index (χ1) is 11.1. The molecule has 2 aromatic rings. The minimum absolute atomic E-state index is 0.141. The molecule has 122 valence electrons. The number of carbonyl (C=O) groups is 1. The fourth-order valence-corrected chi connectivity index (χ4v) is 2.45. The van der Waals surface area contributed by atoms with Gasteiger partial charge in [-0.3, -0.25) is 4.79 Å². The molecular formula is C16H20N4O3. The number of amides is 1. The van der Waals surface area contributed by atoms with E-state index in [9.17, 15) is 4.79 Å². The topological polar surface area (TPSA) is 78.3 Å². The Hall–Kier alpha value is -2.57. The molecule has 1 aromatic heterocycles. The fourth-order valence-electron chi connectivity index (χ4n) is 2.45. The molecule has 3 rings (SSSR count). The Morgan fingerprint density at radius 2 is 2.09 bits per heavy atom. The number of aromatic nitrogens is 3. The SMILES string of the molecule is CC(C)n1cnnc1CCNC(=O)c1ccc2c(c1)OCCO2. The molecule has 7 nitrogen and oxygen atoms in total. The Bertz CT molecular complexity index is 696. The largest absolute Gasteiger partial charge is 0.486 e. The molecule has 0 saturated carbocycles. The molecule has 0 atom stereocenters. The molecule has 1 amide bonds. The molecule has 0 bridgehead atoms. The minimum Gasteiger partial charge on any atom is -0.486 e. The monoisotopic (exact) mass is 316 g/mol. The third-order valence-electron chi connectivity index (χ3n) is 3.64. The third kappa shape index (κ3) is 3.44. The summed E-state index contributed by atoms with van der Waals surface area (Å²) in [4.78, 5) is 12.2. The van der Waals surface area contributed by atoms with Crippen LogP contribution in [0.4, 0.5) is 0 Å². The number of nitrogens with one attached hydrogen (secondary N) is 1. The molecule has 0 fully saturated rings. The minimum atomic E-state index is -0.141. The van der Waals surface area contributed by atoms with Gasteiger partial charge in [-0.05, 0) is 32.0 Å². The highest BCUT2D eigenvalue weighted by atomic mass is 16.6. The summed E-state index contributed by atoms with van der Waals surface area (Å²) in [7, 11) is 0. The van der Waals surface area contributed by atoms with E-state index in [1.54, 1.807) is 24.5 Å². The first-order valence-corrected chi connectivity index (χ1v) is 7.71. The van der Waals surface area contributed by atoms with Crippen LogP contribution >= 0.6 is 0 Å². The zero-order chi connectivity index (χ0) is 16.2. The number of hydrogen-bond donors (Lipinski definition) is 1. The summed E-state index contributed by atoms with van der Waals surface area (Å²) in [5, 5.41) is 10.9. The highest BCUT2D eigenvalue weighted by Crippen LogP contribution is 2.30. The summed E-state index contributed by atoms with van der Waals surface area (Å²) in [6.07, 6.45) is 2.34. The van der Waals surface area contributed by atoms with Crippen molar-refractivity contribution in [3.8, 4) is 11.5 Å². The third-order valence-corrected chi connectivity index (χ3v) is 3.64. The molecule has 1 aliphatic heterocycles. The molecular weight excluding hydrogens is 296 g/mol. The van der Waals surface area contributed by atoms with Crippen LogP contribution in [0.2, 0.25) is 0 Å². The lowest BCUT2D eigenvalue weighted by Crippen LogP contribution is -2.27. The number of hydrogen-bond acceptors (Lipinski definition) is 5. The van der Waals surface area contributed by atoms with Crippen molar-refractivity contribution in [1.82, 2.24) is 20.1 Å². The lowest BCUT2D eigenvalue weighted by atomic mass is 10.2. The summed E-state index contributed by atoms with van der Waals surface area (Å²) < 4.78 is 12.9. The van der Waals surface area contributed by atoms with Crippen LogP contribution < -0.4 is 14.8 Å². The number of rotatable bonds is 5. The number of nitrogens with zero attached hydrogens (tertiary/aromatic N) is 3. The molecule has 1 aromatic carbocycles. The van der Waals surface area contributed by atoms with Crippen LogP contribution in [-0.2, 0) is 6.42 Å². The van der Waals surface area contributed by atoms with Crippen molar-refractivity contribution in [3.05, 3.63) is 35.9 Å². The number of ether oxygens (including phenoxy) is 2. The molecule has 0 radical (unpaired) electrons. The van der Waals surface area contributed by atoms with Gasteiger partial charge in [0, 0.05) is 24.6 Å². The Labute approximate surface area is 134 Å². The van der Waals surface area contributed by atoms with Crippen molar-refractivity contribution in [2.45, 2.75) is 26.3 Å². The summed E-state index contributed by atoms with van der Waals surface area (Å²) >= 11 is 0. The molecule has 1 aliphatic rings. The van der Waals surface area contributed by atoms with Crippen molar-refractivity contribution >= 4 is 5.91 Å². The van der Waals surface area contributed by atoms with E-state index in [0.29, 0.717) is 49.3 Å². The Morgan fingerprint density at radius 3 is 2.87 bits per heavy atom. The van der Waals surface area contributed by atoms with E-state index in [1.165, 1.54) is 0 Å². The molecule has 0 unspecified atom stereocenters. The van der Waals surface area contributed by atoms with E-state index in [4.69, 9.17) is 9.47 Å². The van der Waals surface area contributed by atoms with Crippen LogP contribution in [0.3, 0.4) is 0 Å². The average Bonchev–Trinajstić information content (AvgIpc) is 3.03. The van der Waals surface area contributed by atoms with Crippen LogP contribution in [0.1, 0.15) is 36.1 Å². The van der Waals surface area contributed by atoms with Gasteiger partial charge in [0.1, 0.15) is 25.4 Å². The maximum absolute atomic E-state index is 12.2. The maximum Gasteiger partial charge on any atom is 0.251 e. The second kappa shape index (κ2) is 6.68. The molecule has 2 heterocycles. The number of carbonyl (C=O) groups excluding carboxylic acids is 1. The average molecular weight is 316 g/mol. The van der Waals surface area contributed by atoms with Gasteiger partial charge >= 0.3 is 0 Å². The van der Waals surface area contributed by atoms with Crippen LogP contribution in [0.25, 0.3) is 0 Å². The Morgan fingerprint density at radius 1 is 1.30 bits per heavy atom. The standard InChI is InChI=1S/C16H20N4O3/c1-11(2)20-10-18-19-15(20)5-6-17-16(21)12-3-4-13-14(9-12)23-8-7-22-13/h3-4,9-11H,5-8H2,1-2H3,(H,17,21). The molecule has 0 saturated heterocycles. The highest BCUT2D eigenvalue weighted by molar-refractivity contribution is 5.94. The van der Waals surface area contributed by atoms with Gasteiger partial charge in [-0.25, -0.2) is 0 Å². The van der Waals surface area contributed by atoms with Crippen LogP contribution in [0.5, 0.6) is 11.5 Å². The van der Waals surface area contributed by atoms with Gasteiger partial charge in [0.15, 0.2) is 11.5 Å². The summed E-state index contributed by atoms with van der Waals surface area (Å²) in [5.74, 6) is 2.02. The van der Waals surface area contributed by atoms with Gasteiger partial charge in [0.2, 0.25) is 0 Å². The Kier molecular flexibility index (Phi) is 4.45. The zero-order valence-electron chi connectivity index (χ0n) is 13.3. The summed E-state index contributed by atoms with van der Waals surface area (Å²) in [5.41, 5.74) is 0.555. The van der Waals surface area contributed by atoms with Crippen molar-refractivity contribution in [2.75, 3.05) is 19.8 Å². The van der Waals surface area contributed by atoms with Crippen LogP contribution in [0.15, 0.2) is 24.5 Å². The second-order valence-electron chi connectivity index (χ2n) is 5.61. The van der Waals surface area contributed by atoms with Gasteiger partial charge < -0.3 is 19.4 Å². The normalized spacial score (nSPS) is 13.2. The van der Waals surface area contributed by atoms with Crippen molar-refractivity contribution in [3.63, 3.8) is 0 Å². The van der Waals surface area contributed by atoms with E-state index in [0.717, 1.165) is 5.82 Å². The smallest absolute Gasteiger partial charge is 0.251 e. The van der Waals surface area contributed by atoms with Gasteiger partial charge in [0.25, 0.3) is 5.91 Å². The second-order valence-corrected chi connectivity index (χ2v) is 5.61. The maximum atomic E-state index is 12.2. The zero-order valence-corrected chi connectivity index (χ0v) is 13.3. The Balaban J connectivity index is 1.58. The van der Waals surface area contributed by atoms with Crippen LogP contribution in [0, 0.1) is 0 Å². The first-order valence-electron chi connectivity index (χ1n) is 7.71. The number of fused-ring (bicyclic) bond motifs is 1. The molecule has 7 heteroatoms. The molecule has 0 aliphatic carbocycles. The lowest BCUT2D eigenvalue weighted by molar-refractivity contribution is 0.0952. The van der Waals surface area contributed by atoms with E-state index >= 15 is 0 Å². The molecule has 1 N–H and O–H groups in total. The van der Waals surface area contributed by atoms with E-state index < -0.39 is 0 Å². The van der Waals surface area contributed by atoms with Crippen LogP contribution in [-0.4, -0.2) is 40.4 Å². The fraction of sp³-hybridized carbons (Fsp3) is 0.438. The van der Waals surface area contributed by atoms with Gasteiger partial charge in [0.05, 0.1) is 0 Å². The molecule has 23 heavy (non-hydrogen) atoms. The number of benzene rings is 1. The van der Waals surface area contributed by atoms with Crippen molar-refractivity contribution in [1.29, 1.82) is 0 Å². The molecule has 0 spiro atoms. The summed E-state index contributed by atoms with van der Waals surface area (Å²) in [6.45, 7) is 5.68. The van der Waals surface area contributed by atoms with Gasteiger partial charge in [-0.15, -0.1) is 10.2 Å². The summed E-state index contributed by atoms with van der Waals surface area (Å²) in [6, 6.07) is 5.51. The lowest BCUT2D eigenvalue weighted by Gasteiger charge is -2.18. The van der Waals surface area contributed by atoms with E-state index in [1.807, 2.05) is 4.57 Å². The van der Waals surface area contributed by atoms with E-state index in [-0.39, 0.29) is 5.91 Å².